The van der Waals surface area contributed by atoms with E-state index in [-0.39, 0.29) is 22.3 Å². The Balaban J connectivity index is 2.36. The van der Waals surface area contributed by atoms with Gasteiger partial charge in [0.25, 0.3) is 0 Å². The van der Waals surface area contributed by atoms with Crippen LogP contribution in [0.3, 0.4) is 0 Å². The predicted octanol–water partition coefficient (Wildman–Crippen LogP) is 4.06. The number of halogens is 3. The van der Waals surface area contributed by atoms with Gasteiger partial charge >= 0.3 is 0 Å². The summed E-state index contributed by atoms with van der Waals surface area (Å²) in [5.41, 5.74) is 0.650. The number of carbonyl (C=O) groups excluding carboxylic acids is 1. The Bertz CT molecular complexity index is 803. The summed E-state index contributed by atoms with van der Waals surface area (Å²) in [5.74, 6) is -2.07. The molecule has 3 aromatic rings. The number of carbonyl (C=O) groups is 1. The van der Waals surface area contributed by atoms with E-state index in [2.05, 4.69) is 4.98 Å². The third kappa shape index (κ3) is 1.87. The fraction of sp³-hybridized carbons (Fsp3) is 0. The van der Waals surface area contributed by atoms with Crippen molar-refractivity contribution >= 4 is 17.2 Å². The molecule has 0 saturated carbocycles. The van der Waals surface area contributed by atoms with Crippen molar-refractivity contribution in [1.29, 1.82) is 0 Å². The molecule has 0 unspecified atom stereocenters. The Morgan fingerprint density at radius 2 is 1.70 bits per heavy atom. The highest BCUT2D eigenvalue weighted by Gasteiger charge is 2.16. The van der Waals surface area contributed by atoms with E-state index in [0.29, 0.717) is 11.7 Å². The molecule has 0 aliphatic heterocycles. The van der Waals surface area contributed by atoms with Crippen molar-refractivity contribution in [3.8, 4) is 11.3 Å². The summed E-state index contributed by atoms with van der Waals surface area (Å²) in [6.45, 7) is 0. The highest BCUT2D eigenvalue weighted by atomic mass is 19.1. The highest BCUT2D eigenvalue weighted by molar-refractivity contribution is 6.04. The van der Waals surface area contributed by atoms with Crippen molar-refractivity contribution in [3.05, 3.63) is 59.4 Å². The molecule has 0 radical (unpaired) electrons. The summed E-state index contributed by atoms with van der Waals surface area (Å²) in [7, 11) is 0. The Hall–Kier alpha value is -2.56. The summed E-state index contributed by atoms with van der Waals surface area (Å²) in [6, 6.07) is 7.17. The third-order valence-electron chi connectivity index (χ3n) is 3.09. The number of rotatable bonds is 2. The minimum absolute atomic E-state index is 0.134. The molecule has 0 aliphatic carbocycles. The first-order chi connectivity index (χ1) is 9.60. The van der Waals surface area contributed by atoms with Gasteiger partial charge in [0.05, 0.1) is 11.2 Å². The first-order valence-corrected chi connectivity index (χ1v) is 5.82. The van der Waals surface area contributed by atoms with Crippen LogP contribution in [0.15, 0.2) is 36.4 Å². The second-order valence-corrected chi connectivity index (χ2v) is 4.35. The van der Waals surface area contributed by atoms with E-state index in [1.165, 1.54) is 12.1 Å². The van der Waals surface area contributed by atoms with Gasteiger partial charge in [-0.25, -0.2) is 13.2 Å². The number of benzene rings is 2. The third-order valence-corrected chi connectivity index (χ3v) is 3.09. The lowest BCUT2D eigenvalue weighted by Crippen LogP contribution is -1.88. The predicted molar refractivity (Wildman–Crippen MR) is 69.0 cm³/mol. The van der Waals surface area contributed by atoms with Crippen molar-refractivity contribution in [3.63, 3.8) is 0 Å². The molecule has 1 N–H and O–H groups in total. The van der Waals surface area contributed by atoms with Crippen LogP contribution in [-0.4, -0.2) is 11.3 Å². The maximum atomic E-state index is 13.7. The monoisotopic (exact) mass is 275 g/mol. The molecule has 0 bridgehead atoms. The summed E-state index contributed by atoms with van der Waals surface area (Å²) in [4.78, 5) is 13.9. The Kier molecular flexibility index (Phi) is 2.82. The van der Waals surface area contributed by atoms with E-state index in [1.54, 1.807) is 6.07 Å². The Morgan fingerprint density at radius 1 is 1.00 bits per heavy atom. The van der Waals surface area contributed by atoms with Crippen molar-refractivity contribution in [2.24, 2.45) is 0 Å². The Morgan fingerprint density at radius 3 is 2.35 bits per heavy atom. The SMILES string of the molecule is O=Cc1c(-c2cc(F)cc(F)c2)[nH]c2c(F)cccc12. The number of nitrogens with one attached hydrogen (secondary N) is 1. The van der Waals surface area contributed by atoms with Crippen molar-refractivity contribution in [2.75, 3.05) is 0 Å². The van der Waals surface area contributed by atoms with Crippen LogP contribution in [0.2, 0.25) is 0 Å². The van der Waals surface area contributed by atoms with Crippen LogP contribution in [0, 0.1) is 17.5 Å². The number of hydrogen-bond acceptors (Lipinski definition) is 1. The molecule has 100 valence electrons. The summed E-state index contributed by atoms with van der Waals surface area (Å²) >= 11 is 0. The largest absolute Gasteiger partial charge is 0.352 e. The molecule has 1 aromatic heterocycles. The number of H-pyrrole nitrogens is 1. The van der Waals surface area contributed by atoms with E-state index in [9.17, 15) is 18.0 Å². The van der Waals surface area contributed by atoms with Gasteiger partial charge in [-0.2, -0.15) is 0 Å². The van der Waals surface area contributed by atoms with Gasteiger partial charge in [-0.1, -0.05) is 12.1 Å². The zero-order valence-electron chi connectivity index (χ0n) is 10.1. The smallest absolute Gasteiger partial charge is 0.152 e. The molecule has 3 rings (SSSR count). The van der Waals surface area contributed by atoms with Gasteiger partial charge in [0, 0.05) is 22.6 Å². The second-order valence-electron chi connectivity index (χ2n) is 4.35. The van der Waals surface area contributed by atoms with E-state index >= 15 is 0 Å². The van der Waals surface area contributed by atoms with E-state index < -0.39 is 17.5 Å². The minimum Gasteiger partial charge on any atom is -0.352 e. The average molecular weight is 275 g/mol. The number of aromatic nitrogens is 1. The first-order valence-electron chi connectivity index (χ1n) is 5.82. The molecule has 0 saturated heterocycles. The van der Waals surface area contributed by atoms with E-state index in [0.717, 1.165) is 18.2 Å². The average Bonchev–Trinajstić information content (AvgIpc) is 2.77. The van der Waals surface area contributed by atoms with Crippen LogP contribution in [0.25, 0.3) is 22.2 Å². The maximum Gasteiger partial charge on any atom is 0.152 e. The maximum absolute atomic E-state index is 13.7. The van der Waals surface area contributed by atoms with Gasteiger partial charge in [-0.05, 0) is 18.2 Å². The topological polar surface area (TPSA) is 32.9 Å². The first kappa shape index (κ1) is 12.5. The van der Waals surface area contributed by atoms with Crippen LogP contribution < -0.4 is 0 Å². The number of para-hydroxylation sites is 1. The molecular formula is C15H8F3NO. The number of fused-ring (bicyclic) bond motifs is 1. The van der Waals surface area contributed by atoms with E-state index in [1.807, 2.05) is 0 Å². The van der Waals surface area contributed by atoms with Gasteiger partial charge in [0.2, 0.25) is 0 Å². The summed E-state index contributed by atoms with van der Waals surface area (Å²) in [5, 5.41) is 0.375. The van der Waals surface area contributed by atoms with Gasteiger partial charge in [0.15, 0.2) is 6.29 Å². The highest BCUT2D eigenvalue weighted by Crippen LogP contribution is 2.31. The fourth-order valence-corrected chi connectivity index (χ4v) is 2.25. The lowest BCUT2D eigenvalue weighted by molar-refractivity contribution is 0.112. The molecule has 1 heterocycles. The zero-order valence-corrected chi connectivity index (χ0v) is 10.1. The molecule has 0 amide bonds. The van der Waals surface area contributed by atoms with Gasteiger partial charge < -0.3 is 4.98 Å². The molecular weight excluding hydrogens is 267 g/mol. The van der Waals surface area contributed by atoms with Crippen LogP contribution in [0.1, 0.15) is 10.4 Å². The van der Waals surface area contributed by atoms with Crippen LogP contribution in [-0.2, 0) is 0 Å². The van der Waals surface area contributed by atoms with Crippen molar-refractivity contribution < 1.29 is 18.0 Å². The standard InChI is InChI=1S/C15H8F3NO/c16-9-4-8(5-10(17)6-9)14-12(7-20)11-2-1-3-13(18)15(11)19-14/h1-7,19H. The van der Waals surface area contributed by atoms with Crippen molar-refractivity contribution in [1.82, 2.24) is 4.98 Å². The summed E-state index contributed by atoms with van der Waals surface area (Å²) < 4.78 is 40.2. The lowest BCUT2D eigenvalue weighted by atomic mass is 10.1. The van der Waals surface area contributed by atoms with Gasteiger partial charge in [-0.15, -0.1) is 0 Å². The van der Waals surface area contributed by atoms with Crippen molar-refractivity contribution in [2.45, 2.75) is 0 Å². The molecule has 20 heavy (non-hydrogen) atoms. The number of hydrogen-bond donors (Lipinski definition) is 1. The summed E-state index contributed by atoms with van der Waals surface area (Å²) in [6.07, 6.45) is 0.538. The molecule has 0 aliphatic rings. The van der Waals surface area contributed by atoms with Gasteiger partial charge in [-0.3, -0.25) is 4.79 Å². The lowest BCUT2D eigenvalue weighted by Gasteiger charge is -2.01. The molecule has 0 atom stereocenters. The van der Waals surface area contributed by atoms with Crippen LogP contribution >= 0.6 is 0 Å². The molecule has 2 nitrogen and oxygen atoms in total. The van der Waals surface area contributed by atoms with Crippen LogP contribution in [0.5, 0.6) is 0 Å². The quantitative estimate of drug-likeness (QED) is 0.703. The Labute approximate surface area is 111 Å². The molecule has 2 aromatic carbocycles. The van der Waals surface area contributed by atoms with E-state index in [4.69, 9.17) is 0 Å². The van der Waals surface area contributed by atoms with Crippen LogP contribution in [0.4, 0.5) is 13.2 Å². The fourth-order valence-electron chi connectivity index (χ4n) is 2.25. The zero-order chi connectivity index (χ0) is 14.3. The normalized spacial score (nSPS) is 10.9. The second kappa shape index (κ2) is 4.52. The van der Waals surface area contributed by atoms with Gasteiger partial charge in [0.1, 0.15) is 17.5 Å². The minimum atomic E-state index is -0.768. The number of aromatic amines is 1. The number of aldehydes is 1. The molecule has 0 spiro atoms. The molecule has 5 heteroatoms. The molecule has 0 fully saturated rings.